The highest BCUT2D eigenvalue weighted by molar-refractivity contribution is 5.43. The summed E-state index contributed by atoms with van der Waals surface area (Å²) in [5, 5.41) is 3.67. The molecule has 21 heavy (non-hydrogen) atoms. The standard InChI is InChI=1S/C18H29NO2/c1-4-12-19-17-9-5-8-16-15(17)7-6-10-18(16)21-14(2)11-13-20-3/h6-7,10,14,17,19H,4-5,8-9,11-13H2,1-3H3. The summed E-state index contributed by atoms with van der Waals surface area (Å²) in [5.74, 6) is 1.07. The van der Waals surface area contributed by atoms with Crippen LogP contribution in [0.2, 0.25) is 0 Å². The molecular weight excluding hydrogens is 262 g/mol. The first-order valence-electron chi connectivity index (χ1n) is 8.27. The Hall–Kier alpha value is -1.06. The third-order valence-electron chi connectivity index (χ3n) is 4.16. The zero-order chi connectivity index (χ0) is 15.1. The van der Waals surface area contributed by atoms with Gasteiger partial charge in [0.15, 0.2) is 0 Å². The predicted octanol–water partition coefficient (Wildman–Crippen LogP) is 3.87. The summed E-state index contributed by atoms with van der Waals surface area (Å²) in [7, 11) is 1.74. The van der Waals surface area contributed by atoms with Crippen molar-refractivity contribution in [2.45, 2.75) is 58.1 Å². The van der Waals surface area contributed by atoms with Crippen LogP contribution >= 0.6 is 0 Å². The molecule has 0 saturated heterocycles. The van der Waals surface area contributed by atoms with Gasteiger partial charge in [-0.2, -0.15) is 0 Å². The second-order valence-corrected chi connectivity index (χ2v) is 5.93. The van der Waals surface area contributed by atoms with Crippen molar-refractivity contribution in [3.8, 4) is 5.75 Å². The normalized spacial score (nSPS) is 19.1. The number of nitrogens with one attached hydrogen (secondary N) is 1. The lowest BCUT2D eigenvalue weighted by Gasteiger charge is -2.29. The van der Waals surface area contributed by atoms with E-state index >= 15 is 0 Å². The van der Waals surface area contributed by atoms with E-state index in [1.165, 1.54) is 30.4 Å². The smallest absolute Gasteiger partial charge is 0.123 e. The first kappa shape index (κ1) is 16.3. The predicted molar refractivity (Wildman–Crippen MR) is 87.0 cm³/mol. The highest BCUT2D eigenvalue weighted by Crippen LogP contribution is 2.35. The number of hydrogen-bond donors (Lipinski definition) is 1. The van der Waals surface area contributed by atoms with Gasteiger partial charge in [-0.15, -0.1) is 0 Å². The molecule has 0 aromatic heterocycles. The molecule has 0 saturated carbocycles. The third kappa shape index (κ3) is 4.45. The topological polar surface area (TPSA) is 30.5 Å². The van der Waals surface area contributed by atoms with E-state index in [0.29, 0.717) is 6.04 Å². The molecule has 0 spiro atoms. The van der Waals surface area contributed by atoms with Gasteiger partial charge >= 0.3 is 0 Å². The second kappa shape index (κ2) is 8.40. The number of benzene rings is 1. The Kier molecular flexibility index (Phi) is 6.52. The zero-order valence-electron chi connectivity index (χ0n) is 13.7. The average molecular weight is 291 g/mol. The van der Waals surface area contributed by atoms with E-state index in [1.807, 2.05) is 0 Å². The van der Waals surface area contributed by atoms with Crippen LogP contribution in [-0.4, -0.2) is 26.4 Å². The van der Waals surface area contributed by atoms with Crippen molar-refractivity contribution in [1.82, 2.24) is 5.32 Å². The van der Waals surface area contributed by atoms with Crippen LogP contribution in [0.5, 0.6) is 5.75 Å². The van der Waals surface area contributed by atoms with E-state index in [1.54, 1.807) is 7.11 Å². The van der Waals surface area contributed by atoms with Crippen molar-refractivity contribution in [3.63, 3.8) is 0 Å². The molecule has 2 rings (SSSR count). The minimum absolute atomic E-state index is 0.195. The van der Waals surface area contributed by atoms with Crippen LogP contribution in [-0.2, 0) is 11.2 Å². The van der Waals surface area contributed by atoms with Crippen LogP contribution in [0.3, 0.4) is 0 Å². The number of hydrogen-bond acceptors (Lipinski definition) is 3. The lowest BCUT2D eigenvalue weighted by atomic mass is 9.87. The molecule has 3 nitrogen and oxygen atoms in total. The van der Waals surface area contributed by atoms with E-state index in [9.17, 15) is 0 Å². The summed E-state index contributed by atoms with van der Waals surface area (Å²) in [5.41, 5.74) is 2.84. The van der Waals surface area contributed by atoms with Crippen LogP contribution in [0, 0.1) is 0 Å². The van der Waals surface area contributed by atoms with Gasteiger partial charge in [-0.05, 0) is 56.3 Å². The zero-order valence-corrected chi connectivity index (χ0v) is 13.7. The Morgan fingerprint density at radius 3 is 3.00 bits per heavy atom. The van der Waals surface area contributed by atoms with Crippen LogP contribution in [0.15, 0.2) is 18.2 Å². The number of ether oxygens (including phenoxy) is 2. The lowest BCUT2D eigenvalue weighted by molar-refractivity contribution is 0.134. The molecule has 3 heteroatoms. The second-order valence-electron chi connectivity index (χ2n) is 5.93. The molecule has 1 aromatic carbocycles. The van der Waals surface area contributed by atoms with Crippen molar-refractivity contribution in [2.24, 2.45) is 0 Å². The highest BCUT2D eigenvalue weighted by Gasteiger charge is 2.22. The van der Waals surface area contributed by atoms with Gasteiger partial charge in [0.2, 0.25) is 0 Å². The Morgan fingerprint density at radius 1 is 1.38 bits per heavy atom. The van der Waals surface area contributed by atoms with Crippen LogP contribution < -0.4 is 10.1 Å². The van der Waals surface area contributed by atoms with Crippen LogP contribution in [0.1, 0.15) is 56.7 Å². The molecule has 1 N–H and O–H groups in total. The fraction of sp³-hybridized carbons (Fsp3) is 0.667. The van der Waals surface area contributed by atoms with Gasteiger partial charge in [0.1, 0.15) is 5.75 Å². The molecule has 2 atom stereocenters. The Morgan fingerprint density at radius 2 is 2.24 bits per heavy atom. The van der Waals surface area contributed by atoms with Crippen molar-refractivity contribution in [1.29, 1.82) is 0 Å². The SMILES string of the molecule is CCCNC1CCCc2c(OC(C)CCOC)cccc21. The van der Waals surface area contributed by atoms with Gasteiger partial charge in [0.25, 0.3) is 0 Å². The molecule has 0 heterocycles. The highest BCUT2D eigenvalue weighted by atomic mass is 16.5. The Balaban J connectivity index is 2.10. The van der Waals surface area contributed by atoms with Gasteiger partial charge in [0.05, 0.1) is 6.10 Å². The molecule has 1 aliphatic rings. The molecule has 2 unspecified atom stereocenters. The van der Waals surface area contributed by atoms with Crippen molar-refractivity contribution >= 4 is 0 Å². The van der Waals surface area contributed by atoms with E-state index in [4.69, 9.17) is 9.47 Å². The summed E-state index contributed by atoms with van der Waals surface area (Å²) < 4.78 is 11.3. The maximum atomic E-state index is 6.16. The van der Waals surface area contributed by atoms with Crippen molar-refractivity contribution < 1.29 is 9.47 Å². The van der Waals surface area contributed by atoms with Crippen molar-refractivity contribution in [3.05, 3.63) is 29.3 Å². The minimum atomic E-state index is 0.195. The van der Waals surface area contributed by atoms with E-state index in [2.05, 4.69) is 37.4 Å². The maximum Gasteiger partial charge on any atom is 0.123 e. The molecule has 1 aliphatic carbocycles. The maximum absolute atomic E-state index is 6.16. The molecule has 118 valence electrons. The summed E-state index contributed by atoms with van der Waals surface area (Å²) in [4.78, 5) is 0. The summed E-state index contributed by atoms with van der Waals surface area (Å²) in [6.45, 7) is 6.16. The first-order valence-corrected chi connectivity index (χ1v) is 8.27. The molecule has 0 bridgehead atoms. The van der Waals surface area contributed by atoms with E-state index < -0.39 is 0 Å². The molecule has 0 amide bonds. The Labute approximate surface area is 129 Å². The third-order valence-corrected chi connectivity index (χ3v) is 4.16. The van der Waals surface area contributed by atoms with Gasteiger partial charge in [-0.25, -0.2) is 0 Å². The van der Waals surface area contributed by atoms with Gasteiger partial charge in [-0.3, -0.25) is 0 Å². The molecular formula is C18H29NO2. The van der Waals surface area contributed by atoms with Crippen LogP contribution in [0.4, 0.5) is 0 Å². The largest absolute Gasteiger partial charge is 0.490 e. The quantitative estimate of drug-likeness (QED) is 0.788. The number of fused-ring (bicyclic) bond motifs is 1. The summed E-state index contributed by atoms with van der Waals surface area (Å²) in [6, 6.07) is 6.99. The molecule has 0 aliphatic heterocycles. The fourth-order valence-electron chi connectivity index (χ4n) is 3.02. The summed E-state index contributed by atoms with van der Waals surface area (Å²) >= 11 is 0. The first-order chi connectivity index (χ1) is 10.3. The fourth-order valence-corrected chi connectivity index (χ4v) is 3.02. The molecule has 1 aromatic rings. The minimum Gasteiger partial charge on any atom is -0.490 e. The van der Waals surface area contributed by atoms with Gasteiger partial charge in [-0.1, -0.05) is 19.1 Å². The summed E-state index contributed by atoms with van der Waals surface area (Å²) in [6.07, 6.45) is 5.90. The van der Waals surface area contributed by atoms with Gasteiger partial charge < -0.3 is 14.8 Å². The van der Waals surface area contributed by atoms with Crippen molar-refractivity contribution in [2.75, 3.05) is 20.3 Å². The molecule has 0 radical (unpaired) electrons. The lowest BCUT2D eigenvalue weighted by Crippen LogP contribution is -2.26. The van der Waals surface area contributed by atoms with E-state index in [0.717, 1.165) is 31.7 Å². The molecule has 0 fully saturated rings. The average Bonchev–Trinajstić information content (AvgIpc) is 2.51. The van der Waals surface area contributed by atoms with E-state index in [-0.39, 0.29) is 6.10 Å². The number of methoxy groups -OCH3 is 1. The monoisotopic (exact) mass is 291 g/mol. The number of rotatable bonds is 8. The Bertz CT molecular complexity index is 433. The van der Waals surface area contributed by atoms with Gasteiger partial charge in [0, 0.05) is 26.2 Å². The van der Waals surface area contributed by atoms with Crippen LogP contribution in [0.25, 0.3) is 0 Å².